The van der Waals surface area contributed by atoms with Gasteiger partial charge in [0.15, 0.2) is 9.84 Å². The lowest BCUT2D eigenvalue weighted by atomic mass is 9.73. The second-order valence-corrected chi connectivity index (χ2v) is 9.64. The van der Waals surface area contributed by atoms with E-state index in [0.717, 1.165) is 19.4 Å². The van der Waals surface area contributed by atoms with Crippen LogP contribution in [0.3, 0.4) is 0 Å². The van der Waals surface area contributed by atoms with Gasteiger partial charge in [0.05, 0.1) is 10.6 Å². The molecule has 26 heavy (non-hydrogen) atoms. The van der Waals surface area contributed by atoms with E-state index in [4.69, 9.17) is 0 Å². The summed E-state index contributed by atoms with van der Waals surface area (Å²) in [5, 5.41) is 4.99. The van der Waals surface area contributed by atoms with Gasteiger partial charge in [0, 0.05) is 29.1 Å². The second-order valence-electron chi connectivity index (χ2n) is 7.61. The Morgan fingerprint density at radius 2 is 1.88 bits per heavy atom. The third kappa shape index (κ3) is 2.58. The lowest BCUT2D eigenvalue weighted by Gasteiger charge is -2.40. The molecule has 2 aliphatic rings. The minimum absolute atomic E-state index is 0.136. The number of sulfone groups is 1. The topological polar surface area (TPSA) is 62.0 Å². The lowest BCUT2D eigenvalue weighted by Crippen LogP contribution is -2.48. The van der Waals surface area contributed by atoms with Crippen LogP contribution in [0.15, 0.2) is 59.6 Å². The first-order chi connectivity index (χ1) is 12.6. The maximum absolute atomic E-state index is 12.8. The monoisotopic (exact) mass is 366 g/mol. The van der Waals surface area contributed by atoms with Gasteiger partial charge < -0.3 is 10.3 Å². The fourth-order valence-electron chi connectivity index (χ4n) is 4.78. The molecule has 5 heteroatoms. The van der Waals surface area contributed by atoms with Gasteiger partial charge in [-0.25, -0.2) is 8.42 Å². The van der Waals surface area contributed by atoms with Gasteiger partial charge in [0.25, 0.3) is 0 Å². The van der Waals surface area contributed by atoms with E-state index in [9.17, 15) is 8.42 Å². The Balaban J connectivity index is 1.43. The normalized spacial score (nSPS) is 25.2. The highest BCUT2D eigenvalue weighted by Gasteiger charge is 2.37. The van der Waals surface area contributed by atoms with Crippen LogP contribution in [-0.4, -0.2) is 31.7 Å². The Morgan fingerprint density at radius 3 is 2.73 bits per heavy atom. The average Bonchev–Trinajstić information content (AvgIpc) is 3.07. The van der Waals surface area contributed by atoms with E-state index in [0.29, 0.717) is 16.9 Å². The van der Waals surface area contributed by atoms with E-state index in [-0.39, 0.29) is 11.7 Å². The van der Waals surface area contributed by atoms with E-state index >= 15 is 0 Å². The molecular weight excluding hydrogens is 344 g/mol. The maximum atomic E-state index is 12.8. The number of H-pyrrole nitrogens is 1. The van der Waals surface area contributed by atoms with Gasteiger partial charge >= 0.3 is 0 Å². The standard InChI is InChI=1S/C21H22N2O2S/c24-26(25,16-5-2-1-3-6-16)13-14-9-18-17-7-4-8-19-21(17)15(12-23-19)10-20(18)22-11-14/h1-8,12,14,18,20,22-23H,9-11,13H2/t14?,18-,20-/m1/s1. The van der Waals surface area contributed by atoms with Crippen LogP contribution >= 0.6 is 0 Å². The van der Waals surface area contributed by atoms with Crippen molar-refractivity contribution in [3.63, 3.8) is 0 Å². The molecule has 134 valence electrons. The average molecular weight is 366 g/mol. The molecule has 1 aliphatic carbocycles. The Hall–Kier alpha value is -2.11. The number of hydrogen-bond donors (Lipinski definition) is 2. The molecule has 1 aliphatic heterocycles. The summed E-state index contributed by atoms with van der Waals surface area (Å²) in [5.74, 6) is 0.729. The summed E-state index contributed by atoms with van der Waals surface area (Å²) in [5.41, 5.74) is 3.93. The summed E-state index contributed by atoms with van der Waals surface area (Å²) in [4.78, 5) is 3.81. The molecular formula is C21H22N2O2S. The first-order valence-corrected chi connectivity index (χ1v) is 10.9. The number of piperidine rings is 1. The van der Waals surface area contributed by atoms with Crippen LogP contribution in [0.5, 0.6) is 0 Å². The van der Waals surface area contributed by atoms with Gasteiger partial charge in [0.1, 0.15) is 0 Å². The van der Waals surface area contributed by atoms with Crippen LogP contribution < -0.4 is 5.32 Å². The van der Waals surface area contributed by atoms with E-state index in [1.165, 1.54) is 22.0 Å². The van der Waals surface area contributed by atoms with Gasteiger partial charge in [-0.2, -0.15) is 0 Å². The van der Waals surface area contributed by atoms with Crippen molar-refractivity contribution in [2.75, 3.05) is 12.3 Å². The first-order valence-electron chi connectivity index (χ1n) is 9.22. The summed E-state index contributed by atoms with van der Waals surface area (Å²) in [6.45, 7) is 0.767. The smallest absolute Gasteiger partial charge is 0.178 e. The number of aromatic nitrogens is 1. The van der Waals surface area contributed by atoms with Gasteiger partial charge in [0.2, 0.25) is 0 Å². The van der Waals surface area contributed by atoms with Crippen molar-refractivity contribution < 1.29 is 8.42 Å². The molecule has 3 atom stereocenters. The fraction of sp³-hybridized carbons (Fsp3) is 0.333. The highest BCUT2D eigenvalue weighted by Crippen LogP contribution is 2.42. The minimum Gasteiger partial charge on any atom is -0.361 e. The molecule has 0 saturated carbocycles. The van der Waals surface area contributed by atoms with Crippen molar-refractivity contribution in [3.8, 4) is 0 Å². The number of aromatic amines is 1. The summed E-state index contributed by atoms with van der Waals surface area (Å²) >= 11 is 0. The molecule has 4 nitrogen and oxygen atoms in total. The zero-order valence-electron chi connectivity index (χ0n) is 14.5. The zero-order chi connectivity index (χ0) is 17.7. The largest absolute Gasteiger partial charge is 0.361 e. The van der Waals surface area contributed by atoms with Gasteiger partial charge in [-0.3, -0.25) is 0 Å². The fourth-order valence-corrected chi connectivity index (χ4v) is 6.42. The first kappa shape index (κ1) is 16.1. The van der Waals surface area contributed by atoms with Crippen molar-refractivity contribution in [2.24, 2.45) is 5.92 Å². The third-order valence-corrected chi connectivity index (χ3v) is 7.86. The van der Waals surface area contributed by atoms with Crippen molar-refractivity contribution >= 4 is 20.7 Å². The molecule has 0 spiro atoms. The molecule has 0 amide bonds. The molecule has 1 fully saturated rings. The molecule has 1 unspecified atom stereocenters. The number of fused-ring (bicyclic) bond motifs is 2. The second kappa shape index (κ2) is 5.96. The highest BCUT2D eigenvalue weighted by atomic mass is 32.2. The Labute approximate surface area is 153 Å². The van der Waals surface area contributed by atoms with Crippen LogP contribution in [0, 0.1) is 5.92 Å². The maximum Gasteiger partial charge on any atom is 0.178 e. The number of rotatable bonds is 3. The van der Waals surface area contributed by atoms with Crippen molar-refractivity contribution in [3.05, 3.63) is 65.9 Å². The number of hydrogen-bond acceptors (Lipinski definition) is 3. The van der Waals surface area contributed by atoms with Crippen LogP contribution in [0.1, 0.15) is 23.5 Å². The van der Waals surface area contributed by atoms with Gasteiger partial charge in [-0.1, -0.05) is 30.3 Å². The SMILES string of the molecule is O=S(=O)(CC1CN[C@@H]2Cc3c[nH]c4cccc(c34)[C@H]2C1)c1ccccc1. The zero-order valence-corrected chi connectivity index (χ0v) is 15.3. The molecule has 2 heterocycles. The van der Waals surface area contributed by atoms with Gasteiger partial charge in [-0.05, 0) is 54.6 Å². The van der Waals surface area contributed by atoms with Crippen LogP contribution in [0.4, 0.5) is 0 Å². The molecule has 5 rings (SSSR count). The number of benzene rings is 2. The van der Waals surface area contributed by atoms with Crippen LogP contribution in [0.25, 0.3) is 10.9 Å². The van der Waals surface area contributed by atoms with Crippen molar-refractivity contribution in [1.29, 1.82) is 0 Å². The summed E-state index contributed by atoms with van der Waals surface area (Å²) in [7, 11) is -3.25. The Morgan fingerprint density at radius 1 is 1.04 bits per heavy atom. The predicted molar refractivity (Wildman–Crippen MR) is 103 cm³/mol. The third-order valence-electron chi connectivity index (χ3n) is 5.96. The molecule has 3 aromatic rings. The predicted octanol–water partition coefficient (Wildman–Crippen LogP) is 3.26. The minimum atomic E-state index is -3.25. The molecule has 0 radical (unpaired) electrons. The summed E-state index contributed by atoms with van der Waals surface area (Å²) < 4.78 is 25.6. The van der Waals surface area contributed by atoms with E-state index < -0.39 is 9.84 Å². The van der Waals surface area contributed by atoms with Gasteiger partial charge in [-0.15, -0.1) is 0 Å². The van der Waals surface area contributed by atoms with Crippen LogP contribution in [0.2, 0.25) is 0 Å². The lowest BCUT2D eigenvalue weighted by molar-refractivity contribution is 0.283. The highest BCUT2D eigenvalue weighted by molar-refractivity contribution is 7.91. The van der Waals surface area contributed by atoms with E-state index in [2.05, 4.69) is 34.7 Å². The molecule has 2 N–H and O–H groups in total. The molecule has 1 saturated heterocycles. The number of nitrogens with one attached hydrogen (secondary N) is 2. The molecule has 1 aromatic heterocycles. The molecule has 2 aromatic carbocycles. The Bertz CT molecular complexity index is 1060. The van der Waals surface area contributed by atoms with Crippen molar-refractivity contribution in [2.45, 2.75) is 29.7 Å². The molecule has 0 bridgehead atoms. The van der Waals surface area contributed by atoms with Crippen molar-refractivity contribution in [1.82, 2.24) is 10.3 Å². The van der Waals surface area contributed by atoms with E-state index in [1.54, 1.807) is 24.3 Å². The summed E-state index contributed by atoms with van der Waals surface area (Å²) in [6.07, 6.45) is 4.06. The van der Waals surface area contributed by atoms with E-state index in [1.807, 2.05) is 6.07 Å². The van der Waals surface area contributed by atoms with Crippen LogP contribution in [-0.2, 0) is 16.3 Å². The Kier molecular flexibility index (Phi) is 3.69. The quantitative estimate of drug-likeness (QED) is 0.748. The summed E-state index contributed by atoms with van der Waals surface area (Å²) in [6, 6.07) is 15.7.